The van der Waals surface area contributed by atoms with Crippen LogP contribution in [0.1, 0.15) is 33.0 Å². The summed E-state index contributed by atoms with van der Waals surface area (Å²) in [5.41, 5.74) is 0. The number of nitrogens with one attached hydrogen (secondary N) is 1. The molecule has 0 unspecified atom stereocenters. The molecule has 0 saturated carbocycles. The molecule has 1 aromatic rings. The van der Waals surface area contributed by atoms with Crippen molar-refractivity contribution >= 4 is 28.4 Å². The van der Waals surface area contributed by atoms with Crippen LogP contribution in [0, 0.1) is 5.92 Å². The molecule has 0 bridgehead atoms. The average Bonchev–Trinajstić information content (AvgIpc) is 2.49. The lowest BCUT2D eigenvalue weighted by molar-refractivity contribution is -0.117. The van der Waals surface area contributed by atoms with Gasteiger partial charge in [-0.2, -0.15) is 4.37 Å². The topological polar surface area (TPSA) is 72.0 Å². The van der Waals surface area contributed by atoms with Crippen LogP contribution in [0.4, 0.5) is 5.13 Å². The third-order valence-electron chi connectivity index (χ3n) is 1.72. The summed E-state index contributed by atoms with van der Waals surface area (Å²) in [6.07, 6.45) is 0.679. The Morgan fingerprint density at radius 1 is 1.44 bits per heavy atom. The summed E-state index contributed by atoms with van der Waals surface area (Å²) in [6.45, 7) is 5.43. The fraction of sp³-hybridized carbons (Fsp3) is 0.600. The molecule has 0 saturated heterocycles. The zero-order valence-corrected chi connectivity index (χ0v) is 10.4. The molecule has 1 N–H and O–H groups in total. The summed E-state index contributed by atoms with van der Waals surface area (Å²) in [5.74, 6) is 0.723. The minimum absolute atomic E-state index is 0.0119. The largest absolute Gasteiger partial charge is 0.301 e. The number of carbonyl (C=O) groups is 2. The lowest BCUT2D eigenvalue weighted by atomic mass is 10.1. The highest BCUT2D eigenvalue weighted by molar-refractivity contribution is 7.09. The van der Waals surface area contributed by atoms with E-state index in [1.54, 1.807) is 0 Å². The van der Waals surface area contributed by atoms with Gasteiger partial charge in [0.05, 0.1) is 6.42 Å². The molecular weight excluding hydrogens is 226 g/mol. The maximum Gasteiger partial charge on any atom is 0.226 e. The van der Waals surface area contributed by atoms with E-state index in [0.717, 1.165) is 11.5 Å². The summed E-state index contributed by atoms with van der Waals surface area (Å²) in [6, 6.07) is 0. The SMILES string of the molecule is CC(=O)Cc1nsc(NC(=O)CC(C)C)n1. The molecule has 5 nitrogen and oxygen atoms in total. The number of hydrogen-bond donors (Lipinski definition) is 1. The third kappa shape index (κ3) is 4.48. The molecule has 0 aromatic carbocycles. The maximum absolute atomic E-state index is 11.4. The van der Waals surface area contributed by atoms with Crippen LogP contribution in [0.25, 0.3) is 0 Å². The number of hydrogen-bond acceptors (Lipinski definition) is 5. The molecule has 0 radical (unpaired) electrons. The summed E-state index contributed by atoms with van der Waals surface area (Å²) in [5, 5.41) is 3.12. The second kappa shape index (κ2) is 5.69. The second-order valence-corrected chi connectivity index (χ2v) is 4.79. The number of ketones is 1. The number of nitrogens with zero attached hydrogens (tertiary/aromatic N) is 2. The molecule has 1 heterocycles. The molecule has 6 heteroatoms. The van der Waals surface area contributed by atoms with Gasteiger partial charge < -0.3 is 5.32 Å². The monoisotopic (exact) mass is 241 g/mol. The Morgan fingerprint density at radius 2 is 2.12 bits per heavy atom. The van der Waals surface area contributed by atoms with Gasteiger partial charge in [0.1, 0.15) is 5.78 Å². The van der Waals surface area contributed by atoms with E-state index in [0.29, 0.717) is 23.3 Å². The Hall–Kier alpha value is -1.30. The Bertz CT molecular complexity index is 387. The van der Waals surface area contributed by atoms with E-state index < -0.39 is 0 Å². The van der Waals surface area contributed by atoms with E-state index in [4.69, 9.17) is 0 Å². The van der Waals surface area contributed by atoms with Gasteiger partial charge in [0.25, 0.3) is 0 Å². The zero-order chi connectivity index (χ0) is 12.1. The fourth-order valence-corrected chi connectivity index (χ4v) is 1.74. The van der Waals surface area contributed by atoms with Gasteiger partial charge in [0.15, 0.2) is 5.82 Å². The maximum atomic E-state index is 11.4. The normalized spacial score (nSPS) is 10.5. The van der Waals surface area contributed by atoms with Gasteiger partial charge in [0.2, 0.25) is 11.0 Å². The van der Waals surface area contributed by atoms with Crippen LogP contribution in [-0.2, 0) is 16.0 Å². The van der Waals surface area contributed by atoms with Crippen LogP contribution in [0.5, 0.6) is 0 Å². The van der Waals surface area contributed by atoms with Crippen molar-refractivity contribution in [3.05, 3.63) is 5.82 Å². The van der Waals surface area contributed by atoms with Crippen molar-refractivity contribution in [2.45, 2.75) is 33.6 Å². The number of Topliss-reactive ketones (excluding diaryl/α,β-unsaturated/α-hetero) is 1. The van der Waals surface area contributed by atoms with Crippen molar-refractivity contribution in [1.29, 1.82) is 0 Å². The highest BCUT2D eigenvalue weighted by Gasteiger charge is 2.10. The summed E-state index contributed by atoms with van der Waals surface area (Å²) < 4.78 is 3.98. The first kappa shape index (κ1) is 12.8. The second-order valence-electron chi connectivity index (χ2n) is 4.04. The van der Waals surface area contributed by atoms with Gasteiger partial charge in [-0.25, -0.2) is 4.98 Å². The van der Waals surface area contributed by atoms with Crippen LogP contribution in [-0.4, -0.2) is 21.0 Å². The number of carbonyl (C=O) groups excluding carboxylic acids is 2. The highest BCUT2D eigenvalue weighted by atomic mass is 32.1. The van der Waals surface area contributed by atoms with Crippen LogP contribution in [0.15, 0.2) is 0 Å². The van der Waals surface area contributed by atoms with Crippen molar-refractivity contribution in [2.24, 2.45) is 5.92 Å². The van der Waals surface area contributed by atoms with Gasteiger partial charge in [-0.15, -0.1) is 0 Å². The smallest absolute Gasteiger partial charge is 0.226 e. The van der Waals surface area contributed by atoms with Crippen molar-refractivity contribution in [1.82, 2.24) is 9.36 Å². The number of rotatable bonds is 5. The predicted octanol–water partition coefficient (Wildman–Crippen LogP) is 1.65. The van der Waals surface area contributed by atoms with Gasteiger partial charge in [-0.3, -0.25) is 9.59 Å². The Morgan fingerprint density at radius 3 is 2.69 bits per heavy atom. The lowest BCUT2D eigenvalue weighted by Gasteiger charge is -2.02. The minimum atomic E-state index is -0.0690. The Kier molecular flexibility index (Phi) is 4.54. The van der Waals surface area contributed by atoms with Crippen LogP contribution in [0.2, 0.25) is 0 Å². The molecule has 0 aliphatic rings. The van der Waals surface area contributed by atoms with E-state index in [1.807, 2.05) is 13.8 Å². The first-order valence-electron chi connectivity index (χ1n) is 5.09. The van der Waals surface area contributed by atoms with Crippen LogP contribution >= 0.6 is 11.5 Å². The molecule has 0 aliphatic carbocycles. The highest BCUT2D eigenvalue weighted by Crippen LogP contribution is 2.12. The predicted molar refractivity (Wildman–Crippen MR) is 62.4 cm³/mol. The van der Waals surface area contributed by atoms with E-state index in [9.17, 15) is 9.59 Å². The number of anilines is 1. The minimum Gasteiger partial charge on any atom is -0.301 e. The van der Waals surface area contributed by atoms with Crippen LogP contribution < -0.4 is 5.32 Å². The average molecular weight is 241 g/mol. The van der Waals surface area contributed by atoms with Gasteiger partial charge in [-0.05, 0) is 12.8 Å². The van der Waals surface area contributed by atoms with E-state index in [-0.39, 0.29) is 18.1 Å². The van der Waals surface area contributed by atoms with Gasteiger partial charge >= 0.3 is 0 Å². The molecule has 1 rings (SSSR count). The third-order valence-corrected chi connectivity index (χ3v) is 2.38. The number of aromatic nitrogens is 2. The Labute approximate surface area is 98.4 Å². The van der Waals surface area contributed by atoms with Crippen molar-refractivity contribution in [2.75, 3.05) is 5.32 Å². The standard InChI is InChI=1S/C10H15N3O2S/c1-6(2)4-9(15)12-10-11-8(13-16-10)5-7(3)14/h6H,4-5H2,1-3H3,(H,11,12,13,15). The fourth-order valence-electron chi connectivity index (χ4n) is 1.14. The molecule has 0 fully saturated rings. The van der Waals surface area contributed by atoms with Crippen molar-refractivity contribution < 1.29 is 9.59 Å². The van der Waals surface area contributed by atoms with E-state index >= 15 is 0 Å². The Balaban J connectivity index is 2.51. The lowest BCUT2D eigenvalue weighted by Crippen LogP contribution is -2.13. The molecule has 88 valence electrons. The van der Waals surface area contributed by atoms with E-state index in [1.165, 1.54) is 6.92 Å². The molecular formula is C10H15N3O2S. The first-order valence-corrected chi connectivity index (χ1v) is 5.86. The molecule has 0 aliphatic heterocycles. The van der Waals surface area contributed by atoms with Crippen LogP contribution in [0.3, 0.4) is 0 Å². The van der Waals surface area contributed by atoms with Gasteiger partial charge in [-0.1, -0.05) is 13.8 Å². The summed E-state index contributed by atoms with van der Waals surface area (Å²) in [7, 11) is 0. The molecule has 0 atom stereocenters. The quantitative estimate of drug-likeness (QED) is 0.850. The zero-order valence-electron chi connectivity index (χ0n) is 9.61. The molecule has 1 amide bonds. The summed E-state index contributed by atoms with van der Waals surface area (Å²) in [4.78, 5) is 26.3. The summed E-state index contributed by atoms with van der Waals surface area (Å²) >= 11 is 1.10. The number of amides is 1. The molecule has 1 aromatic heterocycles. The molecule has 0 spiro atoms. The van der Waals surface area contributed by atoms with E-state index in [2.05, 4.69) is 14.7 Å². The van der Waals surface area contributed by atoms with Crippen molar-refractivity contribution in [3.63, 3.8) is 0 Å². The molecule has 16 heavy (non-hydrogen) atoms. The van der Waals surface area contributed by atoms with Crippen molar-refractivity contribution in [3.8, 4) is 0 Å². The van der Waals surface area contributed by atoms with Gasteiger partial charge in [0, 0.05) is 18.0 Å². The first-order chi connectivity index (χ1) is 7.47.